The Kier molecular flexibility index (Phi) is 8.09. The van der Waals surface area contributed by atoms with Crippen LogP contribution in [0.5, 0.6) is 0 Å². The highest BCUT2D eigenvalue weighted by atomic mass is 19.2. The number of hydrogen-bond acceptors (Lipinski definition) is 6. The lowest BCUT2D eigenvalue weighted by Gasteiger charge is -2.32. The molecule has 0 spiro atoms. The molecule has 0 saturated carbocycles. The van der Waals surface area contributed by atoms with E-state index in [0.29, 0.717) is 17.2 Å². The molecule has 1 N–H and O–H groups in total. The van der Waals surface area contributed by atoms with E-state index in [1.165, 1.54) is 12.1 Å². The van der Waals surface area contributed by atoms with Crippen LogP contribution in [-0.2, 0) is 11.4 Å². The minimum absolute atomic E-state index is 0.0464. The standard InChI is InChI=1S/C26H27F3N4O2/c1-17(34)16-35-32-26(20-3-5-22(27)23(28)12-20)24-6-2-18(13-30-24)15-33-10-8-19(9-11-33)21-4-7-25(29)31-14-21/h2-7,12-14,17,19,34H,8-11,15-16H2,1H3/b32-26+/t17-/m1/s1. The molecule has 0 bridgehead atoms. The molecule has 0 aliphatic carbocycles. The Balaban J connectivity index is 1.42. The maximum absolute atomic E-state index is 13.8. The van der Waals surface area contributed by atoms with Gasteiger partial charge < -0.3 is 9.94 Å². The first kappa shape index (κ1) is 24.8. The van der Waals surface area contributed by atoms with Crippen LogP contribution in [0.2, 0.25) is 0 Å². The zero-order chi connectivity index (χ0) is 24.8. The van der Waals surface area contributed by atoms with Crippen molar-refractivity contribution in [1.29, 1.82) is 0 Å². The second-order valence-electron chi connectivity index (χ2n) is 8.73. The van der Waals surface area contributed by atoms with E-state index >= 15 is 0 Å². The van der Waals surface area contributed by atoms with E-state index in [0.717, 1.165) is 55.7 Å². The first-order chi connectivity index (χ1) is 16.9. The predicted octanol–water partition coefficient (Wildman–Crippen LogP) is 4.42. The number of halogens is 3. The fraction of sp³-hybridized carbons (Fsp3) is 0.346. The van der Waals surface area contributed by atoms with Crippen molar-refractivity contribution in [3.8, 4) is 0 Å². The Hall–Kier alpha value is -3.30. The van der Waals surface area contributed by atoms with Crippen molar-refractivity contribution in [2.75, 3.05) is 19.7 Å². The van der Waals surface area contributed by atoms with Crippen molar-refractivity contribution in [2.24, 2.45) is 5.16 Å². The summed E-state index contributed by atoms with van der Waals surface area (Å²) in [6.07, 6.45) is 4.55. The van der Waals surface area contributed by atoms with Gasteiger partial charge in [-0.15, -0.1) is 0 Å². The normalized spacial score (nSPS) is 16.3. The Bertz CT molecular complexity index is 1150. The molecule has 2 aromatic heterocycles. The smallest absolute Gasteiger partial charge is 0.212 e. The van der Waals surface area contributed by atoms with Gasteiger partial charge in [0.2, 0.25) is 5.95 Å². The average Bonchev–Trinajstić information content (AvgIpc) is 2.85. The number of aromatic nitrogens is 2. The van der Waals surface area contributed by atoms with E-state index in [1.807, 2.05) is 12.1 Å². The van der Waals surface area contributed by atoms with Crippen LogP contribution >= 0.6 is 0 Å². The van der Waals surface area contributed by atoms with Crippen LogP contribution in [0.1, 0.15) is 48.1 Å². The molecule has 0 amide bonds. The van der Waals surface area contributed by atoms with Gasteiger partial charge in [-0.2, -0.15) is 4.39 Å². The fourth-order valence-electron chi connectivity index (χ4n) is 4.07. The molecule has 6 nitrogen and oxygen atoms in total. The number of nitrogens with zero attached hydrogens (tertiary/aromatic N) is 4. The second kappa shape index (κ2) is 11.4. The highest BCUT2D eigenvalue weighted by Gasteiger charge is 2.21. The van der Waals surface area contributed by atoms with E-state index in [-0.39, 0.29) is 12.3 Å². The van der Waals surface area contributed by atoms with Crippen LogP contribution in [0.25, 0.3) is 0 Å². The fourth-order valence-corrected chi connectivity index (χ4v) is 4.07. The van der Waals surface area contributed by atoms with Crippen molar-refractivity contribution in [3.05, 3.63) is 94.8 Å². The third-order valence-corrected chi connectivity index (χ3v) is 5.95. The number of likely N-dealkylation sites (tertiary alicyclic amines) is 1. The van der Waals surface area contributed by atoms with Gasteiger partial charge in [0, 0.05) is 24.5 Å². The van der Waals surface area contributed by atoms with Crippen LogP contribution in [0.4, 0.5) is 13.2 Å². The molecule has 0 radical (unpaired) electrons. The molecule has 1 aliphatic heterocycles. The van der Waals surface area contributed by atoms with Crippen molar-refractivity contribution in [1.82, 2.24) is 14.9 Å². The zero-order valence-electron chi connectivity index (χ0n) is 19.4. The van der Waals surface area contributed by atoms with Gasteiger partial charge in [-0.05, 0) is 80.2 Å². The third kappa shape index (κ3) is 6.64. The second-order valence-corrected chi connectivity index (χ2v) is 8.73. The molecule has 1 fully saturated rings. The summed E-state index contributed by atoms with van der Waals surface area (Å²) in [4.78, 5) is 15.8. The highest BCUT2D eigenvalue weighted by Crippen LogP contribution is 2.28. The largest absolute Gasteiger partial charge is 0.392 e. The quantitative estimate of drug-likeness (QED) is 0.291. The number of hydrogen-bond donors (Lipinski definition) is 1. The van der Waals surface area contributed by atoms with Gasteiger partial charge in [-0.3, -0.25) is 9.88 Å². The summed E-state index contributed by atoms with van der Waals surface area (Å²) in [6, 6.07) is 10.4. The Morgan fingerprint density at radius 3 is 2.49 bits per heavy atom. The SMILES string of the molecule is C[C@@H](O)CO/N=C(\c1ccc(F)c(F)c1)c1ccc(CN2CCC(c3ccc(F)nc3)CC2)cn1. The number of oxime groups is 1. The molecule has 1 saturated heterocycles. The van der Waals surface area contributed by atoms with Crippen molar-refractivity contribution < 1.29 is 23.1 Å². The minimum Gasteiger partial charge on any atom is -0.392 e. The van der Waals surface area contributed by atoms with Gasteiger partial charge in [-0.1, -0.05) is 17.3 Å². The molecule has 1 aliphatic rings. The van der Waals surface area contributed by atoms with Crippen molar-refractivity contribution >= 4 is 5.71 Å². The molecule has 4 rings (SSSR count). The Morgan fingerprint density at radius 1 is 1.06 bits per heavy atom. The molecule has 3 aromatic rings. The third-order valence-electron chi connectivity index (χ3n) is 5.95. The zero-order valence-corrected chi connectivity index (χ0v) is 19.4. The Morgan fingerprint density at radius 2 is 1.86 bits per heavy atom. The summed E-state index contributed by atoms with van der Waals surface area (Å²) in [5.41, 5.74) is 3.06. The summed E-state index contributed by atoms with van der Waals surface area (Å²) in [5.74, 6) is -2.05. The maximum Gasteiger partial charge on any atom is 0.212 e. The lowest BCUT2D eigenvalue weighted by Crippen LogP contribution is -2.32. The predicted molar refractivity (Wildman–Crippen MR) is 125 cm³/mol. The van der Waals surface area contributed by atoms with Crippen LogP contribution in [-0.4, -0.2) is 51.5 Å². The topological polar surface area (TPSA) is 70.8 Å². The summed E-state index contributed by atoms with van der Waals surface area (Å²) in [7, 11) is 0. The van der Waals surface area contributed by atoms with Gasteiger partial charge in [0.05, 0.1) is 11.8 Å². The first-order valence-corrected chi connectivity index (χ1v) is 11.5. The minimum atomic E-state index is -0.998. The van der Waals surface area contributed by atoms with Gasteiger partial charge >= 0.3 is 0 Å². The number of benzene rings is 1. The van der Waals surface area contributed by atoms with E-state index in [1.54, 1.807) is 25.4 Å². The Labute approximate surface area is 202 Å². The van der Waals surface area contributed by atoms with Crippen LogP contribution < -0.4 is 0 Å². The summed E-state index contributed by atoms with van der Waals surface area (Å²) in [5, 5.41) is 13.5. The first-order valence-electron chi connectivity index (χ1n) is 11.5. The van der Waals surface area contributed by atoms with E-state index in [9.17, 15) is 18.3 Å². The van der Waals surface area contributed by atoms with E-state index in [4.69, 9.17) is 4.84 Å². The van der Waals surface area contributed by atoms with Crippen LogP contribution in [0.3, 0.4) is 0 Å². The molecule has 1 atom stereocenters. The summed E-state index contributed by atoms with van der Waals surface area (Å²) < 4.78 is 40.3. The van der Waals surface area contributed by atoms with Crippen LogP contribution in [0.15, 0.2) is 60.0 Å². The summed E-state index contributed by atoms with van der Waals surface area (Å²) >= 11 is 0. The lowest BCUT2D eigenvalue weighted by atomic mass is 9.90. The molecule has 3 heterocycles. The number of piperidine rings is 1. The van der Waals surface area contributed by atoms with Gasteiger partial charge in [0.15, 0.2) is 11.6 Å². The van der Waals surface area contributed by atoms with E-state index < -0.39 is 23.7 Å². The highest BCUT2D eigenvalue weighted by molar-refractivity contribution is 6.11. The molecule has 0 unspecified atom stereocenters. The average molecular weight is 485 g/mol. The van der Waals surface area contributed by atoms with Gasteiger partial charge in [-0.25, -0.2) is 13.8 Å². The molecule has 35 heavy (non-hydrogen) atoms. The molecule has 9 heteroatoms. The molecule has 184 valence electrons. The summed E-state index contributed by atoms with van der Waals surface area (Å²) in [6.45, 7) is 4.03. The van der Waals surface area contributed by atoms with Gasteiger partial charge in [0.1, 0.15) is 12.3 Å². The van der Waals surface area contributed by atoms with Crippen molar-refractivity contribution in [3.63, 3.8) is 0 Å². The van der Waals surface area contributed by atoms with E-state index in [2.05, 4.69) is 20.0 Å². The monoisotopic (exact) mass is 484 g/mol. The maximum atomic E-state index is 13.8. The molecule has 1 aromatic carbocycles. The number of rotatable bonds is 8. The molecular weight excluding hydrogens is 457 g/mol. The van der Waals surface area contributed by atoms with Crippen LogP contribution in [0, 0.1) is 17.6 Å². The molecular formula is C26H27F3N4O2. The lowest BCUT2D eigenvalue weighted by molar-refractivity contribution is 0.0502. The van der Waals surface area contributed by atoms with Gasteiger partial charge in [0.25, 0.3) is 0 Å². The number of aliphatic hydroxyl groups is 1. The van der Waals surface area contributed by atoms with Crippen molar-refractivity contribution in [2.45, 2.75) is 38.3 Å². The number of pyridine rings is 2. The number of aliphatic hydroxyl groups excluding tert-OH is 1.